The van der Waals surface area contributed by atoms with Crippen molar-refractivity contribution in [1.29, 1.82) is 0 Å². The Morgan fingerprint density at radius 1 is 1.32 bits per heavy atom. The number of rotatable bonds is 4. The molecule has 0 spiro atoms. The number of aliphatic hydroxyl groups is 1. The van der Waals surface area contributed by atoms with Gasteiger partial charge in [-0.3, -0.25) is 4.79 Å². The molecule has 0 saturated heterocycles. The minimum absolute atomic E-state index is 0.00531. The Balaban J connectivity index is 1.79. The summed E-state index contributed by atoms with van der Waals surface area (Å²) in [5, 5.41) is 12.2. The molecular formula is C15H22N2O2. The molecule has 0 bridgehead atoms. The predicted octanol–water partition coefficient (Wildman–Crippen LogP) is 1.18. The molecule has 1 aliphatic carbocycles. The number of benzene rings is 1. The molecule has 0 atom stereocenters. The zero-order chi connectivity index (χ0) is 13.7. The highest BCUT2D eigenvalue weighted by Gasteiger charge is 2.33. The fourth-order valence-electron chi connectivity index (χ4n) is 2.54. The van der Waals surface area contributed by atoms with Gasteiger partial charge in [0.1, 0.15) is 0 Å². The molecule has 0 radical (unpaired) electrons. The smallest absolute Gasteiger partial charge is 0.223 e. The summed E-state index contributed by atoms with van der Waals surface area (Å²) in [5.74, 6) is 0.135. The van der Waals surface area contributed by atoms with Gasteiger partial charge in [-0.15, -0.1) is 0 Å². The molecule has 4 heteroatoms. The summed E-state index contributed by atoms with van der Waals surface area (Å²) in [7, 11) is 0. The highest BCUT2D eigenvalue weighted by Crippen LogP contribution is 2.30. The second-order valence-corrected chi connectivity index (χ2v) is 5.50. The van der Waals surface area contributed by atoms with Gasteiger partial charge < -0.3 is 16.2 Å². The van der Waals surface area contributed by atoms with Crippen LogP contribution in [0.2, 0.25) is 0 Å². The van der Waals surface area contributed by atoms with Crippen LogP contribution in [0.5, 0.6) is 0 Å². The second-order valence-electron chi connectivity index (χ2n) is 5.50. The van der Waals surface area contributed by atoms with Crippen LogP contribution in [-0.2, 0) is 11.3 Å². The highest BCUT2D eigenvalue weighted by atomic mass is 16.3. The van der Waals surface area contributed by atoms with Crippen LogP contribution in [0, 0.1) is 5.92 Å². The number of amides is 1. The van der Waals surface area contributed by atoms with Gasteiger partial charge in [-0.05, 0) is 31.2 Å². The maximum Gasteiger partial charge on any atom is 0.223 e. The van der Waals surface area contributed by atoms with Crippen molar-refractivity contribution in [2.45, 2.75) is 37.8 Å². The van der Waals surface area contributed by atoms with Crippen LogP contribution in [0.25, 0.3) is 0 Å². The van der Waals surface area contributed by atoms with E-state index in [1.807, 2.05) is 30.3 Å². The van der Waals surface area contributed by atoms with Gasteiger partial charge in [-0.25, -0.2) is 0 Å². The lowest BCUT2D eigenvalue weighted by Crippen LogP contribution is -2.48. The van der Waals surface area contributed by atoms with E-state index in [1.165, 1.54) is 0 Å². The maximum absolute atomic E-state index is 12.1. The largest absolute Gasteiger partial charge is 0.394 e. The first-order valence-electron chi connectivity index (χ1n) is 6.84. The average molecular weight is 262 g/mol. The first-order chi connectivity index (χ1) is 9.13. The van der Waals surface area contributed by atoms with Crippen LogP contribution < -0.4 is 11.1 Å². The Morgan fingerprint density at radius 3 is 2.53 bits per heavy atom. The van der Waals surface area contributed by atoms with Gasteiger partial charge in [-0.1, -0.05) is 30.3 Å². The maximum atomic E-state index is 12.1. The third kappa shape index (κ3) is 3.78. The number of nitrogens with one attached hydrogen (secondary N) is 1. The molecule has 19 heavy (non-hydrogen) atoms. The van der Waals surface area contributed by atoms with E-state index in [0.717, 1.165) is 18.4 Å². The molecule has 2 rings (SSSR count). The van der Waals surface area contributed by atoms with Gasteiger partial charge in [-0.2, -0.15) is 0 Å². The van der Waals surface area contributed by atoms with Crippen molar-refractivity contribution >= 4 is 5.91 Å². The molecule has 1 aliphatic rings. The molecule has 104 valence electrons. The van der Waals surface area contributed by atoms with Crippen molar-refractivity contribution in [3.63, 3.8) is 0 Å². The van der Waals surface area contributed by atoms with Crippen molar-refractivity contribution in [2.75, 3.05) is 6.61 Å². The van der Waals surface area contributed by atoms with Crippen LogP contribution in [0.3, 0.4) is 0 Å². The van der Waals surface area contributed by atoms with E-state index in [1.54, 1.807) is 0 Å². The molecule has 0 heterocycles. The van der Waals surface area contributed by atoms with Crippen LogP contribution in [0.1, 0.15) is 31.2 Å². The summed E-state index contributed by atoms with van der Waals surface area (Å²) in [5.41, 5.74) is 6.63. The normalized spacial score (nSPS) is 26.9. The van der Waals surface area contributed by atoms with Crippen molar-refractivity contribution < 1.29 is 9.90 Å². The lowest BCUT2D eigenvalue weighted by atomic mass is 9.77. The number of carbonyl (C=O) groups is 1. The van der Waals surface area contributed by atoms with Gasteiger partial charge in [0.15, 0.2) is 0 Å². The fraction of sp³-hybridized carbons (Fsp3) is 0.533. The summed E-state index contributed by atoms with van der Waals surface area (Å²) >= 11 is 0. The molecule has 1 fully saturated rings. The summed E-state index contributed by atoms with van der Waals surface area (Å²) in [4.78, 5) is 12.1. The molecule has 4 nitrogen and oxygen atoms in total. The van der Waals surface area contributed by atoms with E-state index in [-0.39, 0.29) is 18.4 Å². The second kappa shape index (κ2) is 6.17. The highest BCUT2D eigenvalue weighted by molar-refractivity contribution is 5.78. The van der Waals surface area contributed by atoms with E-state index >= 15 is 0 Å². The number of aliphatic hydroxyl groups excluding tert-OH is 1. The van der Waals surface area contributed by atoms with Gasteiger partial charge in [0.2, 0.25) is 5.91 Å². The van der Waals surface area contributed by atoms with Gasteiger partial charge in [0, 0.05) is 18.0 Å². The Bertz CT molecular complexity index is 411. The van der Waals surface area contributed by atoms with Gasteiger partial charge >= 0.3 is 0 Å². The molecule has 1 amide bonds. The third-order valence-corrected chi connectivity index (χ3v) is 3.98. The van der Waals surface area contributed by atoms with Crippen LogP contribution in [0.4, 0.5) is 0 Å². The number of nitrogens with two attached hydrogens (primary N) is 1. The van der Waals surface area contributed by atoms with Gasteiger partial charge in [0.25, 0.3) is 0 Å². The molecule has 1 aromatic rings. The summed E-state index contributed by atoms with van der Waals surface area (Å²) < 4.78 is 0. The third-order valence-electron chi connectivity index (χ3n) is 3.98. The van der Waals surface area contributed by atoms with Crippen molar-refractivity contribution in [3.8, 4) is 0 Å². The van der Waals surface area contributed by atoms with Crippen LogP contribution in [0.15, 0.2) is 30.3 Å². The minimum atomic E-state index is -0.476. The van der Waals surface area contributed by atoms with E-state index in [4.69, 9.17) is 5.73 Å². The van der Waals surface area contributed by atoms with Crippen molar-refractivity contribution in [1.82, 2.24) is 5.32 Å². The zero-order valence-corrected chi connectivity index (χ0v) is 11.1. The van der Waals surface area contributed by atoms with Crippen molar-refractivity contribution in [3.05, 3.63) is 35.9 Å². The Morgan fingerprint density at radius 2 is 1.95 bits per heavy atom. The summed E-state index contributed by atoms with van der Waals surface area (Å²) in [6.07, 6.45) is 2.95. The first kappa shape index (κ1) is 14.0. The zero-order valence-electron chi connectivity index (χ0n) is 11.1. The van der Waals surface area contributed by atoms with Crippen molar-refractivity contribution in [2.24, 2.45) is 11.7 Å². The lowest BCUT2D eigenvalue weighted by Gasteiger charge is -2.35. The topological polar surface area (TPSA) is 75.3 Å². The Hall–Kier alpha value is -1.39. The van der Waals surface area contributed by atoms with E-state index in [0.29, 0.717) is 19.4 Å². The van der Waals surface area contributed by atoms with E-state index in [9.17, 15) is 9.90 Å². The summed E-state index contributed by atoms with van der Waals surface area (Å²) in [6.45, 7) is 0.579. The quantitative estimate of drug-likeness (QED) is 0.762. The minimum Gasteiger partial charge on any atom is -0.394 e. The standard InChI is InChI=1S/C15H22N2O2/c16-15(11-18)8-6-13(7-9-15)14(19)17-10-12-4-2-1-3-5-12/h1-5,13,18H,6-11,16H2,(H,17,19). The molecule has 1 saturated carbocycles. The first-order valence-corrected chi connectivity index (χ1v) is 6.84. The Kier molecular flexibility index (Phi) is 4.56. The Labute approximate surface area is 114 Å². The number of hydrogen-bond acceptors (Lipinski definition) is 3. The molecular weight excluding hydrogens is 240 g/mol. The molecule has 1 aromatic carbocycles. The molecule has 0 unspecified atom stereocenters. The predicted molar refractivity (Wildman–Crippen MR) is 74.3 cm³/mol. The van der Waals surface area contributed by atoms with E-state index in [2.05, 4.69) is 5.32 Å². The average Bonchev–Trinajstić information content (AvgIpc) is 2.47. The number of carbonyl (C=O) groups excluding carboxylic acids is 1. The fourth-order valence-corrected chi connectivity index (χ4v) is 2.54. The summed E-state index contributed by atoms with van der Waals surface area (Å²) in [6, 6.07) is 9.88. The SMILES string of the molecule is NC1(CO)CCC(C(=O)NCc2ccccc2)CC1. The molecule has 0 aromatic heterocycles. The molecule has 0 aliphatic heterocycles. The van der Waals surface area contributed by atoms with E-state index < -0.39 is 5.54 Å². The molecule has 4 N–H and O–H groups in total. The van der Waals surface area contributed by atoms with Gasteiger partial charge in [0.05, 0.1) is 6.61 Å². The van der Waals surface area contributed by atoms with Crippen LogP contribution in [-0.4, -0.2) is 23.2 Å². The van der Waals surface area contributed by atoms with Crippen LogP contribution >= 0.6 is 0 Å². The number of hydrogen-bond donors (Lipinski definition) is 3. The lowest BCUT2D eigenvalue weighted by molar-refractivity contribution is -0.126. The monoisotopic (exact) mass is 262 g/mol.